The zero-order valence-corrected chi connectivity index (χ0v) is 13.9. The van der Waals surface area contributed by atoms with Crippen LogP contribution < -0.4 is 4.90 Å². The molecule has 25 heavy (non-hydrogen) atoms. The first-order valence-corrected chi connectivity index (χ1v) is 8.21. The van der Waals surface area contributed by atoms with Crippen LogP contribution in [0.5, 0.6) is 0 Å². The highest BCUT2D eigenvalue weighted by Crippen LogP contribution is 2.25. The molecule has 3 aromatic rings. The molecular weight excluding hydrogens is 323 g/mol. The second kappa shape index (κ2) is 6.29. The number of aliphatic hydroxyl groups excluding tert-OH is 1. The molecule has 1 N–H and O–H groups in total. The zero-order chi connectivity index (χ0) is 17.4. The van der Waals surface area contributed by atoms with Crippen LogP contribution in [-0.4, -0.2) is 36.2 Å². The third-order valence-electron chi connectivity index (χ3n) is 4.49. The molecule has 1 atom stereocenters. The third kappa shape index (κ3) is 2.89. The normalized spacial score (nSPS) is 15.7. The van der Waals surface area contributed by atoms with Crippen molar-refractivity contribution in [3.63, 3.8) is 0 Å². The Morgan fingerprint density at radius 3 is 2.88 bits per heavy atom. The van der Waals surface area contributed by atoms with Crippen LogP contribution in [0.15, 0.2) is 36.7 Å². The van der Waals surface area contributed by atoms with Crippen LogP contribution in [0.2, 0.25) is 0 Å². The summed E-state index contributed by atoms with van der Waals surface area (Å²) >= 11 is 0. The Balaban J connectivity index is 1.63. The third-order valence-corrected chi connectivity index (χ3v) is 4.49. The van der Waals surface area contributed by atoms with Crippen molar-refractivity contribution in [2.45, 2.75) is 25.6 Å². The van der Waals surface area contributed by atoms with Crippen molar-refractivity contribution in [2.75, 3.05) is 11.4 Å². The van der Waals surface area contributed by atoms with Crippen LogP contribution >= 0.6 is 0 Å². The number of aryl methyl sites for hydroxylation is 2. The van der Waals surface area contributed by atoms with Gasteiger partial charge in [-0.3, -0.25) is 9.36 Å². The summed E-state index contributed by atoms with van der Waals surface area (Å²) in [5, 5.41) is 19.2. The maximum absolute atomic E-state index is 14.1. The lowest BCUT2D eigenvalue weighted by Gasteiger charge is -2.21. The molecule has 130 valence electrons. The van der Waals surface area contributed by atoms with E-state index in [2.05, 4.69) is 15.2 Å². The van der Waals surface area contributed by atoms with Crippen molar-refractivity contribution in [1.82, 2.24) is 24.5 Å². The predicted molar refractivity (Wildman–Crippen MR) is 89.4 cm³/mol. The minimum atomic E-state index is -0.841. The van der Waals surface area contributed by atoms with Gasteiger partial charge in [-0.1, -0.05) is 0 Å². The molecule has 0 spiro atoms. The Labute approximate surface area is 144 Å². The SMILES string of the molecule is Cn1nccc1C(O)c1cc2n(n1)CCCN(c1ncccc1F)C2. The molecule has 0 saturated carbocycles. The number of aliphatic hydroxyl groups is 1. The molecule has 7 nitrogen and oxygen atoms in total. The largest absolute Gasteiger partial charge is 0.380 e. The van der Waals surface area contributed by atoms with Crippen molar-refractivity contribution in [2.24, 2.45) is 7.05 Å². The van der Waals surface area contributed by atoms with Crippen LogP contribution in [0.3, 0.4) is 0 Å². The van der Waals surface area contributed by atoms with E-state index in [1.807, 2.05) is 15.6 Å². The predicted octanol–water partition coefficient (Wildman–Crippen LogP) is 1.64. The maximum Gasteiger partial charge on any atom is 0.165 e. The molecule has 4 heterocycles. The van der Waals surface area contributed by atoms with Crippen LogP contribution in [0.4, 0.5) is 10.2 Å². The van der Waals surface area contributed by atoms with Gasteiger partial charge in [0.1, 0.15) is 6.10 Å². The van der Waals surface area contributed by atoms with Gasteiger partial charge in [0.15, 0.2) is 11.6 Å². The average Bonchev–Trinajstić information content (AvgIpc) is 3.16. The number of aromatic nitrogens is 5. The van der Waals surface area contributed by atoms with E-state index in [1.54, 1.807) is 36.3 Å². The molecule has 3 aromatic heterocycles. The van der Waals surface area contributed by atoms with Gasteiger partial charge < -0.3 is 10.0 Å². The van der Waals surface area contributed by atoms with Gasteiger partial charge in [0.05, 0.1) is 23.6 Å². The van der Waals surface area contributed by atoms with E-state index in [9.17, 15) is 9.50 Å². The second-order valence-corrected chi connectivity index (χ2v) is 6.15. The Morgan fingerprint density at radius 1 is 1.24 bits per heavy atom. The van der Waals surface area contributed by atoms with E-state index >= 15 is 0 Å². The summed E-state index contributed by atoms with van der Waals surface area (Å²) in [6.45, 7) is 1.92. The minimum absolute atomic E-state index is 0.328. The standard InChI is InChI=1S/C17H19FN6O/c1-22-15(5-7-20-22)16(25)14-10-12-11-23(8-3-9-24(12)21-14)17-13(18)4-2-6-19-17/h2,4-7,10,16,25H,3,8-9,11H2,1H3. The highest BCUT2D eigenvalue weighted by molar-refractivity contribution is 5.40. The van der Waals surface area contributed by atoms with Gasteiger partial charge in [0.2, 0.25) is 0 Å². The summed E-state index contributed by atoms with van der Waals surface area (Å²) in [4.78, 5) is 6.08. The molecule has 0 bridgehead atoms. The smallest absolute Gasteiger partial charge is 0.165 e. The number of nitrogens with zero attached hydrogens (tertiary/aromatic N) is 6. The number of anilines is 1. The number of pyridine rings is 1. The summed E-state index contributed by atoms with van der Waals surface area (Å²) in [5.74, 6) is 0.0245. The fraction of sp³-hybridized carbons (Fsp3) is 0.353. The van der Waals surface area contributed by atoms with Crippen molar-refractivity contribution in [3.05, 3.63) is 59.6 Å². The van der Waals surface area contributed by atoms with Gasteiger partial charge in [0.25, 0.3) is 0 Å². The van der Waals surface area contributed by atoms with E-state index in [1.165, 1.54) is 6.07 Å². The number of hydrogen-bond donors (Lipinski definition) is 1. The van der Waals surface area contributed by atoms with Crippen molar-refractivity contribution < 1.29 is 9.50 Å². The van der Waals surface area contributed by atoms with Gasteiger partial charge in [-0.25, -0.2) is 9.37 Å². The first kappa shape index (κ1) is 15.8. The molecular formula is C17H19FN6O. The van der Waals surface area contributed by atoms with Gasteiger partial charge in [-0.2, -0.15) is 10.2 Å². The summed E-state index contributed by atoms with van der Waals surface area (Å²) in [6, 6.07) is 6.65. The van der Waals surface area contributed by atoms with Gasteiger partial charge >= 0.3 is 0 Å². The maximum atomic E-state index is 14.1. The quantitative estimate of drug-likeness (QED) is 0.783. The number of hydrogen-bond acceptors (Lipinski definition) is 5. The average molecular weight is 342 g/mol. The molecule has 0 amide bonds. The lowest BCUT2D eigenvalue weighted by molar-refractivity contribution is 0.203. The summed E-state index contributed by atoms with van der Waals surface area (Å²) in [6.07, 6.45) is 3.22. The van der Waals surface area contributed by atoms with Crippen LogP contribution in [-0.2, 0) is 20.1 Å². The van der Waals surface area contributed by atoms with Crippen LogP contribution in [0.1, 0.15) is 29.6 Å². The fourth-order valence-electron chi connectivity index (χ4n) is 3.21. The molecule has 1 aliphatic rings. The molecule has 8 heteroatoms. The van der Waals surface area contributed by atoms with Crippen molar-refractivity contribution in [3.8, 4) is 0 Å². The monoisotopic (exact) mass is 342 g/mol. The van der Waals surface area contributed by atoms with E-state index < -0.39 is 6.10 Å². The first-order chi connectivity index (χ1) is 12.1. The zero-order valence-electron chi connectivity index (χ0n) is 13.9. The number of fused-ring (bicyclic) bond motifs is 1. The number of halogens is 1. The Kier molecular flexibility index (Phi) is 3.96. The highest BCUT2D eigenvalue weighted by Gasteiger charge is 2.23. The van der Waals surface area contributed by atoms with E-state index in [-0.39, 0.29) is 5.82 Å². The molecule has 0 aliphatic carbocycles. The summed E-state index contributed by atoms with van der Waals surface area (Å²) in [5.41, 5.74) is 2.18. The van der Waals surface area contributed by atoms with E-state index in [4.69, 9.17) is 0 Å². The summed E-state index contributed by atoms with van der Waals surface area (Å²) < 4.78 is 17.6. The second-order valence-electron chi connectivity index (χ2n) is 6.15. The van der Waals surface area contributed by atoms with Gasteiger partial charge in [0, 0.05) is 32.5 Å². The van der Waals surface area contributed by atoms with Crippen molar-refractivity contribution in [1.29, 1.82) is 0 Å². The topological polar surface area (TPSA) is 72.0 Å². The van der Waals surface area contributed by atoms with Gasteiger partial charge in [-0.05, 0) is 30.7 Å². The molecule has 1 aliphatic heterocycles. The fourth-order valence-corrected chi connectivity index (χ4v) is 3.21. The van der Waals surface area contributed by atoms with Crippen LogP contribution in [0.25, 0.3) is 0 Å². The molecule has 0 aromatic carbocycles. The lowest BCUT2D eigenvalue weighted by Crippen LogP contribution is -2.24. The van der Waals surface area contributed by atoms with E-state index in [0.29, 0.717) is 30.3 Å². The molecule has 1 unspecified atom stereocenters. The Hall–Kier alpha value is -2.74. The Bertz CT molecular complexity index is 889. The first-order valence-electron chi connectivity index (χ1n) is 8.21. The van der Waals surface area contributed by atoms with Crippen LogP contribution in [0, 0.1) is 5.82 Å². The Morgan fingerprint density at radius 2 is 2.12 bits per heavy atom. The molecule has 0 radical (unpaired) electrons. The van der Waals surface area contributed by atoms with Gasteiger partial charge in [-0.15, -0.1) is 0 Å². The highest BCUT2D eigenvalue weighted by atomic mass is 19.1. The molecule has 4 rings (SSSR count). The van der Waals surface area contributed by atoms with E-state index in [0.717, 1.165) is 18.7 Å². The minimum Gasteiger partial charge on any atom is -0.380 e. The molecule has 0 fully saturated rings. The number of rotatable bonds is 3. The molecule has 0 saturated heterocycles. The lowest BCUT2D eigenvalue weighted by atomic mass is 10.2. The summed E-state index contributed by atoms with van der Waals surface area (Å²) in [7, 11) is 1.78. The van der Waals surface area contributed by atoms with Crippen molar-refractivity contribution >= 4 is 5.82 Å².